The van der Waals surface area contributed by atoms with Crippen molar-refractivity contribution in [1.82, 2.24) is 9.80 Å². The van der Waals surface area contributed by atoms with Crippen LogP contribution in [0.2, 0.25) is 0 Å². The fourth-order valence-corrected chi connectivity index (χ4v) is 3.23. The Bertz CT molecular complexity index is 629. The van der Waals surface area contributed by atoms with E-state index in [0.717, 1.165) is 25.2 Å². The van der Waals surface area contributed by atoms with Crippen molar-refractivity contribution >= 4 is 0 Å². The average Bonchev–Trinajstić information content (AvgIpc) is 2.53. The highest BCUT2D eigenvalue weighted by Gasteiger charge is 2.29. The Morgan fingerprint density at radius 1 is 1.00 bits per heavy atom. The molecular formula is C20H24FN2. The second-order valence-corrected chi connectivity index (χ2v) is 6.49. The summed E-state index contributed by atoms with van der Waals surface area (Å²) in [5.41, 5.74) is 2.29. The lowest BCUT2D eigenvalue weighted by Gasteiger charge is -2.44. The Labute approximate surface area is 138 Å². The number of hydrogen-bond acceptors (Lipinski definition) is 2. The first-order chi connectivity index (χ1) is 11.1. The molecule has 121 valence electrons. The van der Waals surface area contributed by atoms with Crippen LogP contribution in [-0.2, 0) is 6.54 Å². The normalized spacial score (nSPS) is 23.1. The molecule has 0 unspecified atom stereocenters. The summed E-state index contributed by atoms with van der Waals surface area (Å²) in [5, 5.41) is 0. The highest BCUT2D eigenvalue weighted by atomic mass is 19.1. The summed E-state index contributed by atoms with van der Waals surface area (Å²) in [4.78, 5) is 4.86. The largest absolute Gasteiger partial charge is 0.294 e. The third-order valence-electron chi connectivity index (χ3n) is 4.55. The fourth-order valence-electron chi connectivity index (χ4n) is 3.23. The Balaban J connectivity index is 1.62. The van der Waals surface area contributed by atoms with Crippen LogP contribution in [0.4, 0.5) is 4.39 Å². The SMILES string of the molecule is C[C@@H]1CN(Cc2cccc(F)c2)[C@@H](C)CN1[CH]c1ccccc1. The molecule has 2 nitrogen and oxygen atoms in total. The van der Waals surface area contributed by atoms with Gasteiger partial charge >= 0.3 is 0 Å². The van der Waals surface area contributed by atoms with Crippen molar-refractivity contribution in [3.63, 3.8) is 0 Å². The van der Waals surface area contributed by atoms with E-state index in [4.69, 9.17) is 0 Å². The van der Waals surface area contributed by atoms with E-state index in [-0.39, 0.29) is 5.82 Å². The van der Waals surface area contributed by atoms with Crippen LogP contribution in [0, 0.1) is 12.4 Å². The van der Waals surface area contributed by atoms with Gasteiger partial charge in [0.05, 0.1) is 6.54 Å². The van der Waals surface area contributed by atoms with Gasteiger partial charge in [-0.15, -0.1) is 0 Å². The van der Waals surface area contributed by atoms with Crippen LogP contribution in [-0.4, -0.2) is 35.0 Å². The Morgan fingerprint density at radius 2 is 1.78 bits per heavy atom. The number of benzene rings is 2. The van der Waals surface area contributed by atoms with Gasteiger partial charge in [0.25, 0.3) is 0 Å². The van der Waals surface area contributed by atoms with E-state index >= 15 is 0 Å². The van der Waals surface area contributed by atoms with Crippen molar-refractivity contribution in [2.75, 3.05) is 13.1 Å². The minimum atomic E-state index is -0.153. The minimum absolute atomic E-state index is 0.153. The van der Waals surface area contributed by atoms with E-state index in [0.29, 0.717) is 12.1 Å². The molecular weight excluding hydrogens is 287 g/mol. The molecule has 23 heavy (non-hydrogen) atoms. The third-order valence-corrected chi connectivity index (χ3v) is 4.55. The van der Waals surface area contributed by atoms with Crippen LogP contribution < -0.4 is 0 Å². The van der Waals surface area contributed by atoms with Gasteiger partial charge in [-0.3, -0.25) is 9.80 Å². The highest BCUT2D eigenvalue weighted by molar-refractivity contribution is 5.22. The van der Waals surface area contributed by atoms with E-state index in [9.17, 15) is 4.39 Å². The second kappa shape index (κ2) is 7.24. The van der Waals surface area contributed by atoms with E-state index in [1.807, 2.05) is 12.1 Å². The smallest absolute Gasteiger partial charge is 0.123 e. The molecule has 2 aromatic carbocycles. The molecule has 2 atom stereocenters. The zero-order valence-electron chi connectivity index (χ0n) is 13.8. The standard InChI is InChI=1S/C20H24FN2/c1-16-13-23(15-19-9-6-10-20(21)11-19)17(2)12-22(16)14-18-7-4-3-5-8-18/h3-11,14,16-17H,12-13,15H2,1-2H3/t16-,17+/m1/s1. The lowest BCUT2D eigenvalue weighted by molar-refractivity contribution is 0.0585. The summed E-state index contributed by atoms with van der Waals surface area (Å²) in [5.74, 6) is -0.153. The topological polar surface area (TPSA) is 6.48 Å². The maximum atomic E-state index is 13.4. The van der Waals surface area contributed by atoms with Crippen molar-refractivity contribution in [2.24, 2.45) is 0 Å². The van der Waals surface area contributed by atoms with Gasteiger partial charge in [0.2, 0.25) is 0 Å². The number of piperazine rings is 1. The summed E-state index contributed by atoms with van der Waals surface area (Å²) < 4.78 is 13.4. The molecule has 0 amide bonds. The van der Waals surface area contributed by atoms with Crippen LogP contribution in [0.3, 0.4) is 0 Å². The second-order valence-electron chi connectivity index (χ2n) is 6.49. The van der Waals surface area contributed by atoms with Crippen molar-refractivity contribution in [1.29, 1.82) is 0 Å². The fraction of sp³-hybridized carbons (Fsp3) is 0.350. The van der Waals surface area contributed by atoms with Gasteiger partial charge in [-0.1, -0.05) is 42.5 Å². The molecule has 1 fully saturated rings. The Kier molecular flexibility index (Phi) is 5.09. The van der Waals surface area contributed by atoms with Gasteiger partial charge in [0.1, 0.15) is 5.82 Å². The molecule has 0 saturated carbocycles. The lowest BCUT2D eigenvalue weighted by atomic mass is 10.1. The first-order valence-corrected chi connectivity index (χ1v) is 8.26. The Hall–Kier alpha value is -1.71. The molecule has 1 radical (unpaired) electrons. The molecule has 1 heterocycles. The number of nitrogens with zero attached hydrogens (tertiary/aromatic N) is 2. The average molecular weight is 311 g/mol. The van der Waals surface area contributed by atoms with Crippen LogP contribution in [0.1, 0.15) is 25.0 Å². The van der Waals surface area contributed by atoms with Gasteiger partial charge in [-0.2, -0.15) is 0 Å². The van der Waals surface area contributed by atoms with Crippen LogP contribution in [0.15, 0.2) is 54.6 Å². The first kappa shape index (κ1) is 16.2. The predicted octanol–water partition coefficient (Wildman–Crippen LogP) is 3.93. The summed E-state index contributed by atoms with van der Waals surface area (Å²) in [6.45, 7) is 9.54. The molecule has 0 bridgehead atoms. The molecule has 0 N–H and O–H groups in total. The quantitative estimate of drug-likeness (QED) is 0.844. The maximum Gasteiger partial charge on any atom is 0.123 e. The van der Waals surface area contributed by atoms with Gasteiger partial charge in [0.15, 0.2) is 0 Å². The van der Waals surface area contributed by atoms with E-state index in [1.165, 1.54) is 11.6 Å². The molecule has 0 spiro atoms. The summed E-state index contributed by atoms with van der Waals surface area (Å²) >= 11 is 0. The number of hydrogen-bond donors (Lipinski definition) is 0. The zero-order valence-corrected chi connectivity index (χ0v) is 13.8. The molecule has 0 aliphatic carbocycles. The molecule has 2 aromatic rings. The lowest BCUT2D eigenvalue weighted by Crippen LogP contribution is -2.54. The van der Waals surface area contributed by atoms with Gasteiger partial charge < -0.3 is 0 Å². The van der Waals surface area contributed by atoms with Crippen molar-refractivity contribution < 1.29 is 4.39 Å². The van der Waals surface area contributed by atoms with Gasteiger partial charge in [0, 0.05) is 31.7 Å². The minimum Gasteiger partial charge on any atom is -0.294 e. The molecule has 1 aliphatic rings. The summed E-state index contributed by atoms with van der Waals surface area (Å²) in [6.07, 6.45) is 0. The van der Waals surface area contributed by atoms with Gasteiger partial charge in [-0.25, -0.2) is 4.39 Å². The predicted molar refractivity (Wildman–Crippen MR) is 92.3 cm³/mol. The molecule has 3 heteroatoms. The van der Waals surface area contributed by atoms with Crippen molar-refractivity contribution in [3.05, 3.63) is 78.1 Å². The van der Waals surface area contributed by atoms with E-state index in [1.54, 1.807) is 12.1 Å². The van der Waals surface area contributed by atoms with E-state index in [2.05, 4.69) is 54.5 Å². The third kappa shape index (κ3) is 4.18. The molecule has 3 rings (SSSR count). The molecule has 1 saturated heterocycles. The monoisotopic (exact) mass is 311 g/mol. The Morgan fingerprint density at radius 3 is 2.52 bits per heavy atom. The summed E-state index contributed by atoms with van der Waals surface area (Å²) in [7, 11) is 0. The van der Waals surface area contributed by atoms with Crippen LogP contribution >= 0.6 is 0 Å². The van der Waals surface area contributed by atoms with Crippen LogP contribution in [0.25, 0.3) is 0 Å². The molecule has 1 aliphatic heterocycles. The maximum absolute atomic E-state index is 13.4. The van der Waals surface area contributed by atoms with Crippen molar-refractivity contribution in [3.8, 4) is 0 Å². The molecule has 0 aromatic heterocycles. The van der Waals surface area contributed by atoms with Crippen molar-refractivity contribution in [2.45, 2.75) is 32.5 Å². The van der Waals surface area contributed by atoms with Gasteiger partial charge in [-0.05, 0) is 37.1 Å². The summed E-state index contributed by atoms with van der Waals surface area (Å²) in [6, 6.07) is 18.3. The number of halogens is 1. The first-order valence-electron chi connectivity index (χ1n) is 8.26. The highest BCUT2D eigenvalue weighted by Crippen LogP contribution is 2.21. The number of rotatable bonds is 4. The zero-order chi connectivity index (χ0) is 16.2. The van der Waals surface area contributed by atoms with E-state index < -0.39 is 0 Å². The van der Waals surface area contributed by atoms with Crippen LogP contribution in [0.5, 0.6) is 0 Å².